The zero-order valence-electron chi connectivity index (χ0n) is 11.7. The molecule has 3 rings (SSSR count). The molecule has 0 atom stereocenters. The van der Waals surface area contributed by atoms with E-state index in [9.17, 15) is 13.2 Å². The smallest absolute Gasteiger partial charge is 0.416 e. The van der Waals surface area contributed by atoms with E-state index >= 15 is 0 Å². The number of fused-ring (bicyclic) bond motifs is 1. The summed E-state index contributed by atoms with van der Waals surface area (Å²) < 4.78 is 54.3. The van der Waals surface area contributed by atoms with Crippen LogP contribution in [0.4, 0.5) is 18.9 Å². The molecule has 8 heteroatoms. The predicted octanol–water partition coefficient (Wildman–Crippen LogP) is 4.27. The fraction of sp³-hybridized carbons (Fsp3) is 0.200. The Bertz CT molecular complexity index is 707. The van der Waals surface area contributed by atoms with Gasteiger partial charge in [-0.25, -0.2) is 0 Å². The molecule has 1 aliphatic rings. The lowest BCUT2D eigenvalue weighted by atomic mass is 10.2. The van der Waals surface area contributed by atoms with E-state index in [1.54, 1.807) is 0 Å². The van der Waals surface area contributed by atoms with E-state index in [4.69, 9.17) is 19.9 Å². The van der Waals surface area contributed by atoms with Gasteiger partial charge < -0.3 is 19.9 Å². The van der Waals surface area contributed by atoms with Crippen molar-refractivity contribution in [2.45, 2.75) is 6.18 Å². The summed E-state index contributed by atoms with van der Waals surface area (Å²) >= 11 is 0. The highest BCUT2D eigenvalue weighted by atomic mass is 35.5. The molecule has 0 unspecified atom stereocenters. The van der Waals surface area contributed by atoms with Crippen LogP contribution in [0.1, 0.15) is 5.56 Å². The quantitative estimate of drug-likeness (QED) is 0.824. The summed E-state index contributed by atoms with van der Waals surface area (Å²) in [5.74, 6) is 1.17. The molecule has 2 N–H and O–H groups in total. The number of ether oxygens (including phenoxy) is 3. The van der Waals surface area contributed by atoms with E-state index in [0.717, 1.165) is 12.1 Å². The molecule has 0 aromatic heterocycles. The molecule has 0 fully saturated rings. The number of benzene rings is 2. The molecule has 0 spiro atoms. The fourth-order valence-corrected chi connectivity index (χ4v) is 2.09. The van der Waals surface area contributed by atoms with Gasteiger partial charge >= 0.3 is 6.18 Å². The zero-order valence-corrected chi connectivity index (χ0v) is 12.5. The van der Waals surface area contributed by atoms with E-state index < -0.39 is 11.7 Å². The van der Waals surface area contributed by atoms with Crippen LogP contribution in [0.2, 0.25) is 0 Å². The monoisotopic (exact) mass is 347 g/mol. The standard InChI is InChI=1S/C15H12F3NO3.ClH/c16-15(17,18)9-2-1-3-10(6-9)22-11-7-12(19)14-13(8-11)20-4-5-21-14;/h1-3,6-8H,4-5,19H2;1H. The van der Waals surface area contributed by atoms with Gasteiger partial charge in [-0.05, 0) is 18.2 Å². The Kier molecular flexibility index (Phi) is 4.79. The number of hydrogen-bond acceptors (Lipinski definition) is 4. The maximum Gasteiger partial charge on any atom is 0.416 e. The highest BCUT2D eigenvalue weighted by Crippen LogP contribution is 2.41. The van der Waals surface area contributed by atoms with E-state index in [2.05, 4.69) is 0 Å². The number of nitrogens with two attached hydrogens (primary N) is 1. The van der Waals surface area contributed by atoms with Crippen LogP contribution >= 0.6 is 12.4 Å². The highest BCUT2D eigenvalue weighted by molar-refractivity contribution is 5.85. The van der Waals surface area contributed by atoms with Crippen molar-refractivity contribution in [1.29, 1.82) is 0 Å². The van der Waals surface area contributed by atoms with Crippen molar-refractivity contribution < 1.29 is 27.4 Å². The molecule has 0 saturated heterocycles. The summed E-state index contributed by atoms with van der Waals surface area (Å²) in [7, 11) is 0. The van der Waals surface area contributed by atoms with Crippen LogP contribution in [0.25, 0.3) is 0 Å². The van der Waals surface area contributed by atoms with Crippen LogP contribution in [0.5, 0.6) is 23.0 Å². The third-order valence-corrected chi connectivity index (χ3v) is 3.04. The van der Waals surface area contributed by atoms with Crippen molar-refractivity contribution >= 4 is 18.1 Å². The molecule has 2 aromatic rings. The summed E-state index contributed by atoms with van der Waals surface area (Å²) in [5.41, 5.74) is 5.35. The number of rotatable bonds is 2. The Hall–Kier alpha value is -2.28. The van der Waals surface area contributed by atoms with Gasteiger partial charge in [0, 0.05) is 12.1 Å². The molecule has 2 aromatic carbocycles. The van der Waals surface area contributed by atoms with Gasteiger partial charge in [-0.15, -0.1) is 12.4 Å². The summed E-state index contributed by atoms with van der Waals surface area (Å²) in [6.45, 7) is 0.768. The lowest BCUT2D eigenvalue weighted by molar-refractivity contribution is -0.137. The number of anilines is 1. The van der Waals surface area contributed by atoms with Crippen LogP contribution < -0.4 is 19.9 Å². The molecule has 0 amide bonds. The molecule has 23 heavy (non-hydrogen) atoms. The van der Waals surface area contributed by atoms with E-state index in [-0.39, 0.29) is 23.9 Å². The van der Waals surface area contributed by atoms with E-state index in [0.29, 0.717) is 30.4 Å². The number of alkyl halides is 3. The van der Waals surface area contributed by atoms with Gasteiger partial charge in [0.15, 0.2) is 11.5 Å². The maximum atomic E-state index is 12.7. The predicted molar refractivity (Wildman–Crippen MR) is 80.6 cm³/mol. The third kappa shape index (κ3) is 3.73. The van der Waals surface area contributed by atoms with Crippen LogP contribution in [0.15, 0.2) is 36.4 Å². The second-order valence-electron chi connectivity index (χ2n) is 4.66. The zero-order chi connectivity index (χ0) is 15.7. The Labute approximate surface area is 136 Å². The minimum Gasteiger partial charge on any atom is -0.486 e. The van der Waals surface area contributed by atoms with Gasteiger partial charge in [0.25, 0.3) is 0 Å². The van der Waals surface area contributed by atoms with E-state index in [1.807, 2.05) is 0 Å². The first-order valence-corrected chi connectivity index (χ1v) is 6.48. The molecule has 4 nitrogen and oxygen atoms in total. The summed E-state index contributed by atoms with van der Waals surface area (Å²) in [4.78, 5) is 0. The van der Waals surface area contributed by atoms with Crippen LogP contribution in [0, 0.1) is 0 Å². The van der Waals surface area contributed by atoms with Crippen molar-refractivity contribution in [3.63, 3.8) is 0 Å². The third-order valence-electron chi connectivity index (χ3n) is 3.04. The highest BCUT2D eigenvalue weighted by Gasteiger charge is 2.30. The van der Waals surface area contributed by atoms with Gasteiger partial charge in [0.1, 0.15) is 24.7 Å². The lowest BCUT2D eigenvalue weighted by Gasteiger charge is -2.20. The average molecular weight is 348 g/mol. The van der Waals surface area contributed by atoms with Crippen LogP contribution in [0.3, 0.4) is 0 Å². The largest absolute Gasteiger partial charge is 0.486 e. The topological polar surface area (TPSA) is 53.7 Å². The normalized spacial score (nSPS) is 13.2. The number of hydrogen-bond donors (Lipinski definition) is 1. The maximum absolute atomic E-state index is 12.7. The van der Waals surface area contributed by atoms with Crippen molar-refractivity contribution in [2.75, 3.05) is 18.9 Å². The van der Waals surface area contributed by atoms with Gasteiger partial charge in [0.05, 0.1) is 11.3 Å². The Morgan fingerprint density at radius 1 is 1.00 bits per heavy atom. The van der Waals surface area contributed by atoms with E-state index in [1.165, 1.54) is 24.3 Å². The SMILES string of the molecule is Cl.Nc1cc(Oc2cccc(C(F)(F)F)c2)cc2c1OCCO2. The lowest BCUT2D eigenvalue weighted by Crippen LogP contribution is -2.16. The van der Waals surface area contributed by atoms with Crippen LogP contribution in [-0.2, 0) is 6.18 Å². The van der Waals surface area contributed by atoms with Crippen LogP contribution in [-0.4, -0.2) is 13.2 Å². The molecule has 0 bridgehead atoms. The van der Waals surface area contributed by atoms with Gasteiger partial charge in [-0.1, -0.05) is 6.07 Å². The molecule has 124 valence electrons. The van der Waals surface area contributed by atoms with Crippen molar-refractivity contribution in [3.8, 4) is 23.0 Å². The first kappa shape index (κ1) is 17.1. The minimum atomic E-state index is -4.43. The van der Waals surface area contributed by atoms with Crippen molar-refractivity contribution in [2.24, 2.45) is 0 Å². The second-order valence-corrected chi connectivity index (χ2v) is 4.66. The fourth-order valence-electron chi connectivity index (χ4n) is 2.09. The first-order chi connectivity index (χ1) is 10.4. The minimum absolute atomic E-state index is 0. The van der Waals surface area contributed by atoms with Gasteiger partial charge in [-0.3, -0.25) is 0 Å². The number of nitrogen functional groups attached to an aromatic ring is 1. The Morgan fingerprint density at radius 2 is 1.74 bits per heavy atom. The average Bonchev–Trinajstić information content (AvgIpc) is 2.47. The molecule has 1 aliphatic heterocycles. The van der Waals surface area contributed by atoms with Crippen molar-refractivity contribution in [3.05, 3.63) is 42.0 Å². The molecular formula is C15H13ClF3NO3. The summed E-state index contributed by atoms with van der Waals surface area (Å²) in [6.07, 6.45) is -4.43. The molecule has 0 aliphatic carbocycles. The molecular weight excluding hydrogens is 335 g/mol. The first-order valence-electron chi connectivity index (χ1n) is 6.48. The summed E-state index contributed by atoms with van der Waals surface area (Å²) in [5, 5.41) is 0. The molecule has 0 radical (unpaired) electrons. The molecule has 0 saturated carbocycles. The summed E-state index contributed by atoms with van der Waals surface area (Å²) in [6, 6.07) is 7.62. The number of halogens is 4. The van der Waals surface area contributed by atoms with Gasteiger partial charge in [-0.2, -0.15) is 13.2 Å². The Balaban J connectivity index is 0.00000192. The van der Waals surface area contributed by atoms with Crippen molar-refractivity contribution in [1.82, 2.24) is 0 Å². The second kappa shape index (κ2) is 6.45. The molecule has 1 heterocycles. The Morgan fingerprint density at radius 3 is 2.48 bits per heavy atom. The van der Waals surface area contributed by atoms with Gasteiger partial charge in [0.2, 0.25) is 0 Å².